The summed E-state index contributed by atoms with van der Waals surface area (Å²) in [5.41, 5.74) is 0.183. The van der Waals surface area contributed by atoms with Gasteiger partial charge in [0, 0.05) is 24.5 Å². The van der Waals surface area contributed by atoms with Crippen LogP contribution in [0.5, 0.6) is 5.75 Å². The molecule has 1 aliphatic heterocycles. The van der Waals surface area contributed by atoms with Crippen molar-refractivity contribution in [2.24, 2.45) is 5.92 Å². The lowest BCUT2D eigenvalue weighted by molar-refractivity contribution is -0.125. The van der Waals surface area contributed by atoms with Gasteiger partial charge < -0.3 is 14.8 Å². The topological polar surface area (TPSA) is 71.3 Å². The predicted octanol–water partition coefficient (Wildman–Crippen LogP) is 4.42. The Hall–Kier alpha value is -2.91. The van der Waals surface area contributed by atoms with Crippen molar-refractivity contribution in [3.05, 3.63) is 59.4 Å². The highest BCUT2D eigenvalue weighted by atomic mass is 19.1. The molecule has 1 amide bonds. The van der Waals surface area contributed by atoms with Crippen molar-refractivity contribution in [1.82, 2.24) is 0 Å². The molecular formula is C23H25FN2O3. The van der Waals surface area contributed by atoms with Gasteiger partial charge in [0.05, 0.1) is 17.6 Å². The van der Waals surface area contributed by atoms with Gasteiger partial charge in [0.2, 0.25) is 5.91 Å². The molecule has 0 bridgehead atoms. The first-order valence-corrected chi connectivity index (χ1v) is 9.77. The molecule has 1 fully saturated rings. The molecule has 0 radical (unpaired) electrons. The lowest BCUT2D eigenvalue weighted by atomic mass is 9.73. The maximum Gasteiger partial charge on any atom is 0.235 e. The minimum atomic E-state index is -1.01. The smallest absolute Gasteiger partial charge is 0.235 e. The van der Waals surface area contributed by atoms with Crippen molar-refractivity contribution in [3.63, 3.8) is 0 Å². The van der Waals surface area contributed by atoms with E-state index >= 15 is 0 Å². The average molecular weight is 396 g/mol. The summed E-state index contributed by atoms with van der Waals surface area (Å²) in [5.74, 6) is 0.106. The number of carbonyl (C=O) groups is 1. The Bertz CT molecular complexity index is 915. The fraction of sp³-hybridized carbons (Fsp3) is 0.391. The van der Waals surface area contributed by atoms with Crippen LogP contribution < -0.4 is 10.1 Å². The molecule has 0 aromatic heterocycles. The molecule has 0 spiro atoms. The zero-order chi connectivity index (χ0) is 20.9. The van der Waals surface area contributed by atoms with Crippen LogP contribution >= 0.6 is 0 Å². The molecule has 152 valence electrons. The molecular weight excluding hydrogens is 371 g/mol. The van der Waals surface area contributed by atoms with Crippen molar-refractivity contribution in [3.8, 4) is 11.8 Å². The maximum absolute atomic E-state index is 14.6. The van der Waals surface area contributed by atoms with Gasteiger partial charge in [0.15, 0.2) is 0 Å². The quantitative estimate of drug-likeness (QED) is 0.785. The van der Waals surface area contributed by atoms with E-state index < -0.39 is 11.2 Å². The summed E-state index contributed by atoms with van der Waals surface area (Å²) in [6.07, 6.45) is 0.779. The minimum absolute atomic E-state index is 0.300. The van der Waals surface area contributed by atoms with Crippen LogP contribution in [0.25, 0.3) is 0 Å². The Balaban J connectivity index is 1.87. The number of ether oxygens (including phenoxy) is 2. The first-order valence-electron chi connectivity index (χ1n) is 9.77. The molecule has 0 saturated carbocycles. The standard InChI is InChI=1S/C23H25FN2O3/c1-16(2)15-29-21-8-7-18(13-17(21)14-25)26-22(27)23(9-11-28-12-10-23)19-5-3-4-6-20(19)24/h3-8,13,16H,9-12,15H2,1-2H3,(H,26,27). The number of nitrogens with zero attached hydrogens (tertiary/aromatic N) is 1. The van der Waals surface area contributed by atoms with E-state index in [1.165, 1.54) is 6.07 Å². The summed E-state index contributed by atoms with van der Waals surface area (Å²) in [4.78, 5) is 13.3. The summed E-state index contributed by atoms with van der Waals surface area (Å²) in [6, 6.07) is 13.4. The molecule has 0 aliphatic carbocycles. The Morgan fingerprint density at radius 3 is 2.66 bits per heavy atom. The highest BCUT2D eigenvalue weighted by Crippen LogP contribution is 2.37. The van der Waals surface area contributed by atoms with Gasteiger partial charge in [-0.25, -0.2) is 4.39 Å². The van der Waals surface area contributed by atoms with E-state index in [0.29, 0.717) is 61.1 Å². The van der Waals surface area contributed by atoms with Crippen molar-refractivity contribution >= 4 is 11.6 Å². The number of nitriles is 1. The van der Waals surface area contributed by atoms with E-state index in [9.17, 15) is 14.4 Å². The minimum Gasteiger partial charge on any atom is -0.492 e. The number of benzene rings is 2. The van der Waals surface area contributed by atoms with Gasteiger partial charge in [-0.05, 0) is 43.0 Å². The zero-order valence-electron chi connectivity index (χ0n) is 16.7. The zero-order valence-corrected chi connectivity index (χ0v) is 16.7. The molecule has 0 unspecified atom stereocenters. The van der Waals surface area contributed by atoms with Crippen LogP contribution in [0.15, 0.2) is 42.5 Å². The van der Waals surface area contributed by atoms with Crippen LogP contribution in [0.1, 0.15) is 37.8 Å². The van der Waals surface area contributed by atoms with Gasteiger partial charge in [-0.15, -0.1) is 0 Å². The first kappa shape index (κ1) is 20.8. The maximum atomic E-state index is 14.6. The third kappa shape index (κ3) is 4.57. The molecule has 6 heteroatoms. The van der Waals surface area contributed by atoms with Gasteiger partial charge >= 0.3 is 0 Å². The number of amides is 1. The van der Waals surface area contributed by atoms with E-state index in [2.05, 4.69) is 11.4 Å². The Labute approximate surface area is 170 Å². The molecule has 1 heterocycles. The second kappa shape index (κ2) is 9.06. The lowest BCUT2D eigenvalue weighted by Gasteiger charge is -2.36. The number of carbonyl (C=O) groups excluding carboxylic acids is 1. The molecule has 5 nitrogen and oxygen atoms in total. The molecule has 2 aromatic carbocycles. The van der Waals surface area contributed by atoms with Crippen molar-refractivity contribution in [2.75, 3.05) is 25.1 Å². The van der Waals surface area contributed by atoms with Crippen LogP contribution in [-0.2, 0) is 14.9 Å². The van der Waals surface area contributed by atoms with Crippen LogP contribution in [0.3, 0.4) is 0 Å². The molecule has 3 rings (SSSR count). The number of hydrogen-bond donors (Lipinski definition) is 1. The second-order valence-corrected chi connectivity index (χ2v) is 7.66. The van der Waals surface area contributed by atoms with Gasteiger partial charge in [0.25, 0.3) is 0 Å². The van der Waals surface area contributed by atoms with Crippen LogP contribution in [-0.4, -0.2) is 25.7 Å². The average Bonchev–Trinajstić information content (AvgIpc) is 2.73. The Morgan fingerprint density at radius 2 is 2.00 bits per heavy atom. The highest BCUT2D eigenvalue weighted by molar-refractivity contribution is 5.99. The van der Waals surface area contributed by atoms with Gasteiger partial charge in [-0.2, -0.15) is 5.26 Å². The Morgan fingerprint density at radius 1 is 1.28 bits per heavy atom. The molecule has 1 N–H and O–H groups in total. The lowest BCUT2D eigenvalue weighted by Crippen LogP contribution is -2.45. The van der Waals surface area contributed by atoms with Crippen LogP contribution in [0, 0.1) is 23.1 Å². The normalized spacial score (nSPS) is 15.6. The molecule has 1 saturated heterocycles. The number of halogens is 1. The van der Waals surface area contributed by atoms with Gasteiger partial charge in [-0.3, -0.25) is 4.79 Å². The summed E-state index contributed by atoms with van der Waals surface area (Å²) in [6.45, 7) is 5.31. The molecule has 0 atom stereocenters. The highest BCUT2D eigenvalue weighted by Gasteiger charge is 2.43. The third-order valence-electron chi connectivity index (χ3n) is 5.10. The third-order valence-corrected chi connectivity index (χ3v) is 5.10. The van der Waals surface area contributed by atoms with Gasteiger partial charge in [0.1, 0.15) is 17.6 Å². The SMILES string of the molecule is CC(C)COc1ccc(NC(=O)C2(c3ccccc3F)CCOCC2)cc1C#N. The first-order chi connectivity index (χ1) is 14.0. The van der Waals surface area contributed by atoms with Crippen molar-refractivity contribution < 1.29 is 18.7 Å². The van der Waals surface area contributed by atoms with Crippen molar-refractivity contribution in [2.45, 2.75) is 32.1 Å². The fourth-order valence-electron chi connectivity index (χ4n) is 3.52. The van der Waals surface area contributed by atoms with Gasteiger partial charge in [-0.1, -0.05) is 32.0 Å². The molecule has 1 aliphatic rings. The fourth-order valence-corrected chi connectivity index (χ4v) is 3.52. The number of rotatable bonds is 6. The van der Waals surface area contributed by atoms with E-state index in [4.69, 9.17) is 9.47 Å². The van der Waals surface area contributed by atoms with E-state index in [0.717, 1.165) is 0 Å². The number of nitrogens with one attached hydrogen (secondary N) is 1. The van der Waals surface area contributed by atoms with E-state index in [1.54, 1.807) is 36.4 Å². The number of hydrogen-bond acceptors (Lipinski definition) is 4. The monoisotopic (exact) mass is 396 g/mol. The second-order valence-electron chi connectivity index (χ2n) is 7.66. The summed E-state index contributed by atoms with van der Waals surface area (Å²) < 4.78 is 25.7. The summed E-state index contributed by atoms with van der Waals surface area (Å²) >= 11 is 0. The van der Waals surface area contributed by atoms with E-state index in [1.807, 2.05) is 13.8 Å². The van der Waals surface area contributed by atoms with E-state index in [-0.39, 0.29) is 5.91 Å². The summed E-state index contributed by atoms with van der Waals surface area (Å²) in [5, 5.41) is 12.3. The predicted molar refractivity (Wildman–Crippen MR) is 108 cm³/mol. The number of anilines is 1. The Kier molecular flexibility index (Phi) is 6.50. The van der Waals surface area contributed by atoms with Crippen LogP contribution in [0.2, 0.25) is 0 Å². The largest absolute Gasteiger partial charge is 0.492 e. The molecule has 29 heavy (non-hydrogen) atoms. The van der Waals surface area contributed by atoms with Crippen LogP contribution in [0.4, 0.5) is 10.1 Å². The van der Waals surface area contributed by atoms with Crippen molar-refractivity contribution in [1.29, 1.82) is 5.26 Å². The summed E-state index contributed by atoms with van der Waals surface area (Å²) in [7, 11) is 0. The molecule has 2 aromatic rings.